The predicted octanol–water partition coefficient (Wildman–Crippen LogP) is 4.26. The number of aryl methyl sites for hydroxylation is 2. The summed E-state index contributed by atoms with van der Waals surface area (Å²) in [7, 11) is -3.75. The number of carbonyl (C=O) groups excluding carboxylic acids is 1. The smallest absolute Gasteiger partial charge is 0.244 e. The lowest BCUT2D eigenvalue weighted by molar-refractivity contribution is -0.126. The van der Waals surface area contributed by atoms with E-state index in [2.05, 4.69) is 15.5 Å². The number of nitrogens with zero attached hydrogens (tertiary/aromatic N) is 3. The van der Waals surface area contributed by atoms with Crippen molar-refractivity contribution in [2.24, 2.45) is 5.92 Å². The number of rotatable bonds is 7. The summed E-state index contributed by atoms with van der Waals surface area (Å²) in [4.78, 5) is 18.8. The van der Waals surface area contributed by atoms with Crippen LogP contribution >= 0.6 is 11.3 Å². The fraction of sp³-hybridized carbons (Fsp3) is 0.458. The second-order valence-electron chi connectivity index (χ2n) is 9.05. The zero-order valence-corrected chi connectivity index (χ0v) is 21.5. The average Bonchev–Trinajstić information content (AvgIpc) is 3.45. The maximum absolute atomic E-state index is 13.5. The summed E-state index contributed by atoms with van der Waals surface area (Å²) in [6.45, 7) is 8.70. The maximum Gasteiger partial charge on any atom is 0.244 e. The van der Waals surface area contributed by atoms with Crippen LogP contribution < -0.4 is 5.32 Å². The van der Waals surface area contributed by atoms with Gasteiger partial charge in [0.2, 0.25) is 27.6 Å². The van der Waals surface area contributed by atoms with Gasteiger partial charge >= 0.3 is 0 Å². The summed E-state index contributed by atoms with van der Waals surface area (Å²) in [5.74, 6) is 0.508. The van der Waals surface area contributed by atoms with Gasteiger partial charge in [0, 0.05) is 30.4 Å². The minimum atomic E-state index is -3.75. The van der Waals surface area contributed by atoms with E-state index in [1.807, 2.05) is 45.0 Å². The van der Waals surface area contributed by atoms with Gasteiger partial charge in [-0.2, -0.15) is 9.29 Å². The van der Waals surface area contributed by atoms with Crippen molar-refractivity contribution >= 4 is 27.3 Å². The lowest BCUT2D eigenvalue weighted by Crippen LogP contribution is -2.45. The number of nitrogens with one attached hydrogen (secondary N) is 1. The minimum Gasteiger partial charge on any atom is -0.352 e. The summed E-state index contributed by atoms with van der Waals surface area (Å²) in [6.07, 6.45) is 1.31. The molecule has 1 aromatic carbocycles. The quantitative estimate of drug-likeness (QED) is 0.518. The molecule has 0 bridgehead atoms. The number of aromatic nitrogens is 2. The van der Waals surface area contributed by atoms with Gasteiger partial charge in [-0.05, 0) is 38.3 Å². The minimum absolute atomic E-state index is 0.0906. The Morgan fingerprint density at radius 1 is 1.29 bits per heavy atom. The average molecular weight is 503 g/mol. The fourth-order valence-electron chi connectivity index (χ4n) is 4.07. The van der Waals surface area contributed by atoms with Crippen LogP contribution in [-0.4, -0.2) is 41.9 Å². The van der Waals surface area contributed by atoms with Gasteiger partial charge in [-0.1, -0.05) is 48.8 Å². The van der Waals surface area contributed by atoms with E-state index >= 15 is 0 Å². The van der Waals surface area contributed by atoms with Crippen molar-refractivity contribution in [3.63, 3.8) is 0 Å². The molecule has 1 saturated heterocycles. The lowest BCUT2D eigenvalue weighted by atomic mass is 9.98. The summed E-state index contributed by atoms with van der Waals surface area (Å²) >= 11 is 1.33. The van der Waals surface area contributed by atoms with E-state index in [1.54, 1.807) is 13.0 Å². The number of thiophene rings is 1. The standard InChI is InChI=1S/C24H30N4O4S2/c1-15(2)24-26-22(27-32-24)20-12-21(17(4)33-20)34(30,31)28-10-6-9-19(14-28)23(29)25-13-18-8-5-7-16(3)11-18/h5,7-8,11-12,15,19H,6,9-10,13-14H2,1-4H3,(H,25,29). The van der Waals surface area contributed by atoms with Gasteiger partial charge in [-0.3, -0.25) is 4.79 Å². The van der Waals surface area contributed by atoms with E-state index in [9.17, 15) is 13.2 Å². The fourth-order valence-corrected chi connectivity index (χ4v) is 7.08. The zero-order valence-electron chi connectivity index (χ0n) is 19.9. The molecule has 0 aliphatic carbocycles. The molecule has 34 heavy (non-hydrogen) atoms. The highest BCUT2D eigenvalue weighted by Gasteiger charge is 2.35. The first-order valence-electron chi connectivity index (χ1n) is 11.4. The number of amides is 1. The molecular formula is C24H30N4O4S2. The third-order valence-corrected chi connectivity index (χ3v) is 9.12. The van der Waals surface area contributed by atoms with E-state index in [0.717, 1.165) is 11.1 Å². The molecular weight excluding hydrogens is 472 g/mol. The largest absolute Gasteiger partial charge is 0.352 e. The Labute approximate surface area is 204 Å². The number of hydrogen-bond acceptors (Lipinski definition) is 7. The van der Waals surface area contributed by atoms with E-state index in [-0.39, 0.29) is 29.2 Å². The van der Waals surface area contributed by atoms with Crippen LogP contribution in [0.4, 0.5) is 0 Å². The Morgan fingerprint density at radius 2 is 2.09 bits per heavy atom. The highest BCUT2D eigenvalue weighted by Crippen LogP contribution is 2.35. The van der Waals surface area contributed by atoms with E-state index in [0.29, 0.717) is 47.4 Å². The summed E-state index contributed by atoms with van der Waals surface area (Å²) in [6, 6.07) is 9.58. The van der Waals surface area contributed by atoms with Crippen LogP contribution in [0.15, 0.2) is 39.8 Å². The van der Waals surface area contributed by atoms with Crippen molar-refractivity contribution in [1.82, 2.24) is 19.8 Å². The second kappa shape index (κ2) is 9.97. The van der Waals surface area contributed by atoms with Gasteiger partial charge in [-0.15, -0.1) is 11.3 Å². The number of benzene rings is 1. The molecule has 1 aliphatic heterocycles. The van der Waals surface area contributed by atoms with Crippen molar-refractivity contribution in [3.8, 4) is 10.7 Å². The molecule has 0 spiro atoms. The van der Waals surface area contributed by atoms with Gasteiger partial charge < -0.3 is 9.84 Å². The Morgan fingerprint density at radius 3 is 2.79 bits per heavy atom. The molecule has 0 radical (unpaired) electrons. The second-order valence-corrected chi connectivity index (χ2v) is 12.2. The molecule has 2 aromatic heterocycles. The SMILES string of the molecule is Cc1cccc(CNC(=O)C2CCCN(S(=O)(=O)c3cc(-c4noc(C(C)C)n4)sc3C)C2)c1. The Bertz CT molecular complexity index is 1280. The number of carbonyl (C=O) groups is 1. The molecule has 3 aromatic rings. The first-order chi connectivity index (χ1) is 16.1. The summed E-state index contributed by atoms with van der Waals surface area (Å²) in [5, 5.41) is 6.98. The van der Waals surface area contributed by atoms with E-state index < -0.39 is 10.0 Å². The molecule has 3 heterocycles. The molecule has 1 N–H and O–H groups in total. The Kier molecular flexibility index (Phi) is 7.20. The number of hydrogen-bond donors (Lipinski definition) is 1. The lowest BCUT2D eigenvalue weighted by Gasteiger charge is -2.31. The third-order valence-electron chi connectivity index (χ3n) is 5.95. The van der Waals surface area contributed by atoms with Crippen LogP contribution in [0.3, 0.4) is 0 Å². The van der Waals surface area contributed by atoms with E-state index in [1.165, 1.54) is 15.6 Å². The molecule has 8 nitrogen and oxygen atoms in total. The molecule has 1 aliphatic rings. The normalized spacial score (nSPS) is 17.3. The highest BCUT2D eigenvalue weighted by atomic mass is 32.2. The molecule has 10 heteroatoms. The monoisotopic (exact) mass is 502 g/mol. The molecule has 182 valence electrons. The van der Waals surface area contributed by atoms with Crippen molar-refractivity contribution in [2.75, 3.05) is 13.1 Å². The third kappa shape index (κ3) is 5.24. The molecule has 0 saturated carbocycles. The Balaban J connectivity index is 1.46. The van der Waals surface area contributed by atoms with Crippen LogP contribution in [0.2, 0.25) is 0 Å². The Hall–Kier alpha value is -2.56. The van der Waals surface area contributed by atoms with Gasteiger partial charge in [0.1, 0.15) is 0 Å². The topological polar surface area (TPSA) is 105 Å². The van der Waals surface area contributed by atoms with Crippen molar-refractivity contribution in [1.29, 1.82) is 0 Å². The molecule has 1 amide bonds. The number of piperidine rings is 1. The van der Waals surface area contributed by atoms with Crippen LogP contribution in [-0.2, 0) is 21.4 Å². The molecule has 4 rings (SSSR count). The highest BCUT2D eigenvalue weighted by molar-refractivity contribution is 7.89. The predicted molar refractivity (Wildman–Crippen MR) is 131 cm³/mol. The van der Waals surface area contributed by atoms with Gasteiger partial charge in [0.25, 0.3) is 0 Å². The number of sulfonamides is 1. The molecule has 1 fully saturated rings. The van der Waals surface area contributed by atoms with Gasteiger partial charge in [0.05, 0.1) is 15.7 Å². The van der Waals surface area contributed by atoms with Crippen molar-refractivity contribution < 1.29 is 17.7 Å². The van der Waals surface area contributed by atoms with Gasteiger partial charge in [-0.25, -0.2) is 8.42 Å². The van der Waals surface area contributed by atoms with Crippen LogP contribution in [0, 0.1) is 19.8 Å². The first kappa shape index (κ1) is 24.6. The summed E-state index contributed by atoms with van der Waals surface area (Å²) < 4.78 is 33.7. The molecule has 1 atom stereocenters. The van der Waals surface area contributed by atoms with Crippen LogP contribution in [0.5, 0.6) is 0 Å². The van der Waals surface area contributed by atoms with Crippen molar-refractivity contribution in [2.45, 2.75) is 57.9 Å². The van der Waals surface area contributed by atoms with Crippen molar-refractivity contribution in [3.05, 3.63) is 52.2 Å². The summed E-state index contributed by atoms with van der Waals surface area (Å²) in [5.41, 5.74) is 2.16. The molecule has 1 unspecified atom stereocenters. The van der Waals surface area contributed by atoms with Crippen LogP contribution in [0.25, 0.3) is 10.7 Å². The van der Waals surface area contributed by atoms with Gasteiger partial charge in [0.15, 0.2) is 0 Å². The van der Waals surface area contributed by atoms with Crippen LogP contribution in [0.1, 0.15) is 54.5 Å². The maximum atomic E-state index is 13.5. The first-order valence-corrected chi connectivity index (χ1v) is 13.7. The van der Waals surface area contributed by atoms with E-state index in [4.69, 9.17) is 4.52 Å². The zero-order chi connectivity index (χ0) is 24.5.